The Kier molecular flexibility index (Phi) is 3.34. The van der Waals surface area contributed by atoms with Crippen molar-refractivity contribution in [2.75, 3.05) is 0 Å². The highest BCUT2D eigenvalue weighted by molar-refractivity contribution is 5.29. The van der Waals surface area contributed by atoms with Gasteiger partial charge in [-0.15, -0.1) is 6.04 Å². The van der Waals surface area contributed by atoms with E-state index in [1.54, 1.807) is 6.92 Å². The Morgan fingerprint density at radius 1 is 1.33 bits per heavy atom. The first-order valence-electron chi connectivity index (χ1n) is 4.44. The minimum Gasteiger partial charge on any atom is -0.671 e. The molecule has 0 aliphatic rings. The van der Waals surface area contributed by atoms with Crippen LogP contribution in [-0.4, -0.2) is 0 Å². The van der Waals surface area contributed by atoms with Crippen LogP contribution in [0.25, 0.3) is 5.73 Å². The molecule has 84 valence electrons. The zero-order valence-corrected chi connectivity index (χ0v) is 8.03. The summed E-state index contributed by atoms with van der Waals surface area (Å²) >= 11 is 0. The molecule has 0 unspecified atom stereocenters. The Hall–Kier alpha value is -1.10. The van der Waals surface area contributed by atoms with Gasteiger partial charge in [-0.25, -0.2) is 4.39 Å². The second-order valence-corrected chi connectivity index (χ2v) is 3.20. The van der Waals surface area contributed by atoms with Gasteiger partial charge in [0.05, 0.1) is 5.56 Å². The highest BCUT2D eigenvalue weighted by Gasteiger charge is 2.33. The third kappa shape index (κ3) is 2.68. The SMILES string of the molecule is CC[C@H]([NH-])c1ccc(C(F)(F)F)c(F)c1. The third-order valence-electron chi connectivity index (χ3n) is 2.11. The summed E-state index contributed by atoms with van der Waals surface area (Å²) in [6, 6.07) is 1.93. The maximum atomic E-state index is 13.0. The van der Waals surface area contributed by atoms with E-state index in [2.05, 4.69) is 0 Å². The van der Waals surface area contributed by atoms with Crippen molar-refractivity contribution in [1.29, 1.82) is 0 Å². The van der Waals surface area contributed by atoms with Gasteiger partial charge >= 0.3 is 6.18 Å². The van der Waals surface area contributed by atoms with Crippen LogP contribution in [-0.2, 0) is 6.18 Å². The molecule has 5 heteroatoms. The Balaban J connectivity index is 3.09. The Morgan fingerprint density at radius 2 is 1.93 bits per heavy atom. The van der Waals surface area contributed by atoms with Crippen LogP contribution in [0, 0.1) is 5.82 Å². The highest BCUT2D eigenvalue weighted by Crippen LogP contribution is 2.33. The van der Waals surface area contributed by atoms with Crippen LogP contribution < -0.4 is 0 Å². The fourth-order valence-corrected chi connectivity index (χ4v) is 1.21. The molecule has 0 aliphatic heterocycles. The molecule has 0 radical (unpaired) electrons. The van der Waals surface area contributed by atoms with Gasteiger partial charge in [0.15, 0.2) is 0 Å². The monoisotopic (exact) mass is 220 g/mol. The van der Waals surface area contributed by atoms with Crippen LogP contribution in [0.3, 0.4) is 0 Å². The van der Waals surface area contributed by atoms with Crippen molar-refractivity contribution >= 4 is 0 Å². The number of halogens is 4. The lowest BCUT2D eigenvalue weighted by molar-refractivity contribution is -0.140. The van der Waals surface area contributed by atoms with Gasteiger partial charge in [-0.3, -0.25) is 0 Å². The van der Waals surface area contributed by atoms with Crippen LogP contribution in [0.15, 0.2) is 18.2 Å². The van der Waals surface area contributed by atoms with E-state index in [9.17, 15) is 17.6 Å². The van der Waals surface area contributed by atoms with Crippen LogP contribution in [0.1, 0.15) is 30.5 Å². The normalized spacial score (nSPS) is 14.0. The maximum Gasteiger partial charge on any atom is 0.419 e. The summed E-state index contributed by atoms with van der Waals surface area (Å²) in [5.74, 6) is -1.31. The summed E-state index contributed by atoms with van der Waals surface area (Å²) < 4.78 is 49.6. The molecule has 1 N–H and O–H groups in total. The quantitative estimate of drug-likeness (QED) is 0.662. The lowest BCUT2D eigenvalue weighted by Crippen LogP contribution is -2.08. The summed E-state index contributed by atoms with van der Waals surface area (Å²) in [5.41, 5.74) is 6.42. The lowest BCUT2D eigenvalue weighted by Gasteiger charge is -2.19. The van der Waals surface area contributed by atoms with Gasteiger partial charge in [0, 0.05) is 0 Å². The van der Waals surface area contributed by atoms with E-state index in [0.717, 1.165) is 12.1 Å². The largest absolute Gasteiger partial charge is 0.671 e. The van der Waals surface area contributed by atoms with Gasteiger partial charge in [-0.1, -0.05) is 25.0 Å². The first-order valence-corrected chi connectivity index (χ1v) is 4.44. The summed E-state index contributed by atoms with van der Waals surface area (Å²) in [5, 5.41) is 0. The van der Waals surface area contributed by atoms with Crippen LogP contribution >= 0.6 is 0 Å². The van der Waals surface area contributed by atoms with Gasteiger partial charge in [0.2, 0.25) is 0 Å². The van der Waals surface area contributed by atoms with Gasteiger partial charge in [0.1, 0.15) is 5.82 Å². The fraction of sp³-hybridized carbons (Fsp3) is 0.400. The second-order valence-electron chi connectivity index (χ2n) is 3.20. The Bertz CT molecular complexity index is 346. The molecule has 1 atom stereocenters. The molecule has 0 aromatic heterocycles. The second kappa shape index (κ2) is 4.18. The van der Waals surface area contributed by atoms with Gasteiger partial charge in [0.25, 0.3) is 0 Å². The van der Waals surface area contributed by atoms with Crippen molar-refractivity contribution in [2.45, 2.75) is 25.6 Å². The predicted molar refractivity (Wildman–Crippen MR) is 48.8 cm³/mol. The van der Waals surface area contributed by atoms with E-state index in [-0.39, 0.29) is 5.56 Å². The van der Waals surface area contributed by atoms with Crippen molar-refractivity contribution in [1.82, 2.24) is 0 Å². The molecule has 0 spiro atoms. The standard InChI is InChI=1S/C10H10F4N/c1-2-9(15)6-3-4-7(8(11)5-6)10(12,13)14/h3-5,9,15H,2H2,1H3/q-1/t9-/m0/s1. The average Bonchev–Trinajstić information content (AvgIpc) is 2.14. The number of benzene rings is 1. The molecule has 1 aromatic rings. The molecular weight excluding hydrogens is 210 g/mol. The molecule has 1 nitrogen and oxygen atoms in total. The molecular formula is C10H10F4N-. The van der Waals surface area contributed by atoms with Crippen LogP contribution in [0.2, 0.25) is 0 Å². The minimum absolute atomic E-state index is 0.267. The molecule has 0 saturated carbocycles. The van der Waals surface area contributed by atoms with Crippen molar-refractivity contribution in [3.8, 4) is 0 Å². The number of hydrogen-bond acceptors (Lipinski definition) is 0. The lowest BCUT2D eigenvalue weighted by atomic mass is 10.0. The molecule has 0 bridgehead atoms. The summed E-state index contributed by atoms with van der Waals surface area (Å²) in [4.78, 5) is 0. The molecule has 0 aliphatic carbocycles. The van der Waals surface area contributed by atoms with E-state index in [1.165, 1.54) is 0 Å². The summed E-state index contributed by atoms with van der Waals surface area (Å²) in [6.07, 6.45) is -4.24. The minimum atomic E-state index is -4.67. The smallest absolute Gasteiger partial charge is 0.419 e. The van der Waals surface area contributed by atoms with E-state index in [0.29, 0.717) is 12.5 Å². The first-order chi connectivity index (χ1) is 6.86. The molecule has 1 rings (SSSR count). The zero-order valence-electron chi connectivity index (χ0n) is 8.03. The number of hydrogen-bond donors (Lipinski definition) is 0. The number of rotatable bonds is 2. The summed E-state index contributed by atoms with van der Waals surface area (Å²) in [6.45, 7) is 1.72. The summed E-state index contributed by atoms with van der Waals surface area (Å²) in [7, 11) is 0. The van der Waals surface area contributed by atoms with Crippen molar-refractivity contribution in [3.05, 3.63) is 40.9 Å². The molecule has 0 heterocycles. The van der Waals surface area contributed by atoms with E-state index in [4.69, 9.17) is 5.73 Å². The first kappa shape index (κ1) is 12.0. The van der Waals surface area contributed by atoms with Crippen molar-refractivity contribution in [2.24, 2.45) is 0 Å². The zero-order chi connectivity index (χ0) is 11.6. The van der Waals surface area contributed by atoms with Gasteiger partial charge < -0.3 is 5.73 Å². The van der Waals surface area contributed by atoms with E-state index in [1.807, 2.05) is 0 Å². The van der Waals surface area contributed by atoms with Gasteiger partial charge in [-0.05, 0) is 12.1 Å². The Labute approximate surface area is 84.9 Å². The third-order valence-corrected chi connectivity index (χ3v) is 2.11. The Morgan fingerprint density at radius 3 is 2.33 bits per heavy atom. The molecule has 1 aromatic carbocycles. The molecule has 0 fully saturated rings. The number of alkyl halides is 3. The maximum absolute atomic E-state index is 13.0. The highest BCUT2D eigenvalue weighted by atomic mass is 19.4. The topological polar surface area (TPSA) is 23.8 Å². The van der Waals surface area contributed by atoms with Crippen molar-refractivity contribution < 1.29 is 17.6 Å². The van der Waals surface area contributed by atoms with Crippen molar-refractivity contribution in [3.63, 3.8) is 0 Å². The average molecular weight is 220 g/mol. The molecule has 0 saturated heterocycles. The van der Waals surface area contributed by atoms with Crippen LogP contribution in [0.4, 0.5) is 17.6 Å². The molecule has 0 amide bonds. The number of nitrogens with one attached hydrogen (secondary N) is 1. The van der Waals surface area contributed by atoms with Gasteiger partial charge in [-0.2, -0.15) is 13.2 Å². The molecule has 15 heavy (non-hydrogen) atoms. The van der Waals surface area contributed by atoms with Crippen LogP contribution in [0.5, 0.6) is 0 Å². The van der Waals surface area contributed by atoms with E-state index < -0.39 is 23.6 Å². The predicted octanol–water partition coefficient (Wildman–Crippen LogP) is 4.35. The fourth-order valence-electron chi connectivity index (χ4n) is 1.21. The van der Waals surface area contributed by atoms with E-state index >= 15 is 0 Å².